The van der Waals surface area contributed by atoms with Gasteiger partial charge < -0.3 is 9.47 Å². The Balaban J connectivity index is 3.74. The second-order valence-electron chi connectivity index (χ2n) is 2.90. The second kappa shape index (κ2) is 5.06. The van der Waals surface area contributed by atoms with Gasteiger partial charge in [0, 0.05) is 6.07 Å². The van der Waals surface area contributed by atoms with E-state index in [1.807, 2.05) is 0 Å². The predicted molar refractivity (Wildman–Crippen MR) is 56.6 cm³/mol. The van der Waals surface area contributed by atoms with Crippen LogP contribution in [0.25, 0.3) is 0 Å². The maximum Gasteiger partial charge on any atom is 0.221 e. The van der Waals surface area contributed by atoms with Crippen molar-refractivity contribution in [3.05, 3.63) is 33.5 Å². The van der Waals surface area contributed by atoms with Gasteiger partial charge in [0.2, 0.25) is 5.43 Å². The van der Waals surface area contributed by atoms with E-state index in [1.165, 1.54) is 20.3 Å². The van der Waals surface area contributed by atoms with E-state index in [-0.39, 0.29) is 22.6 Å². The van der Waals surface area contributed by atoms with Crippen LogP contribution in [0.5, 0.6) is 11.5 Å². The number of carbonyl (C=O) groups excluding carboxylic acids is 2. The highest BCUT2D eigenvalue weighted by atomic mass is 16.5. The van der Waals surface area contributed by atoms with Crippen LogP contribution in [0, 0.1) is 0 Å². The van der Waals surface area contributed by atoms with Gasteiger partial charge >= 0.3 is 0 Å². The molecular weight excluding hydrogens is 212 g/mol. The van der Waals surface area contributed by atoms with Crippen LogP contribution in [0.1, 0.15) is 20.7 Å². The van der Waals surface area contributed by atoms with Crippen LogP contribution >= 0.6 is 0 Å². The monoisotopic (exact) mass is 222 g/mol. The maximum absolute atomic E-state index is 11.5. The fourth-order valence-electron chi connectivity index (χ4n) is 1.29. The van der Waals surface area contributed by atoms with Gasteiger partial charge in [0.05, 0.1) is 25.3 Å². The van der Waals surface area contributed by atoms with Crippen molar-refractivity contribution in [1.82, 2.24) is 0 Å². The number of ether oxygens (including phenoxy) is 2. The minimum atomic E-state index is -0.490. The lowest BCUT2D eigenvalue weighted by molar-refractivity contribution is 0.112. The van der Waals surface area contributed by atoms with Crippen molar-refractivity contribution in [2.75, 3.05) is 14.2 Å². The van der Waals surface area contributed by atoms with Crippen LogP contribution < -0.4 is 14.9 Å². The van der Waals surface area contributed by atoms with Crippen LogP contribution in [0.15, 0.2) is 16.9 Å². The Kier molecular flexibility index (Phi) is 3.77. The highest BCUT2D eigenvalue weighted by Crippen LogP contribution is 2.21. The molecule has 0 bridgehead atoms. The molecule has 0 N–H and O–H groups in total. The molecule has 0 atom stereocenters. The summed E-state index contributed by atoms with van der Waals surface area (Å²) >= 11 is 0. The molecule has 0 aliphatic carbocycles. The van der Waals surface area contributed by atoms with E-state index in [4.69, 9.17) is 9.47 Å². The van der Waals surface area contributed by atoms with Gasteiger partial charge in [0.25, 0.3) is 0 Å². The van der Waals surface area contributed by atoms with Crippen LogP contribution in [0.3, 0.4) is 0 Å². The molecule has 0 saturated carbocycles. The topological polar surface area (TPSA) is 69.7 Å². The highest BCUT2D eigenvalue weighted by Gasteiger charge is 2.11. The molecule has 0 aromatic heterocycles. The molecule has 0 aliphatic rings. The molecule has 1 aromatic rings. The summed E-state index contributed by atoms with van der Waals surface area (Å²) in [5.74, 6) is 0.0406. The molecule has 0 fully saturated rings. The summed E-state index contributed by atoms with van der Waals surface area (Å²) in [5, 5.41) is 0. The number of aldehydes is 2. The Morgan fingerprint density at radius 1 is 1.00 bits per heavy atom. The molecule has 1 aromatic carbocycles. The molecule has 0 unspecified atom stereocenters. The van der Waals surface area contributed by atoms with Crippen LogP contribution in [-0.2, 0) is 0 Å². The summed E-state index contributed by atoms with van der Waals surface area (Å²) in [7, 11) is 2.62. The van der Waals surface area contributed by atoms with Crippen molar-refractivity contribution in [2.24, 2.45) is 0 Å². The predicted octanol–water partition coefficient (Wildman–Crippen LogP) is 0.689. The molecule has 0 aliphatic heterocycles. The van der Waals surface area contributed by atoms with Crippen molar-refractivity contribution >= 4 is 12.6 Å². The van der Waals surface area contributed by atoms with E-state index in [0.29, 0.717) is 12.6 Å². The van der Waals surface area contributed by atoms with E-state index >= 15 is 0 Å². The first-order chi connectivity index (χ1) is 7.67. The average Bonchev–Trinajstić information content (AvgIpc) is 2.44. The first kappa shape index (κ1) is 11.9. The van der Waals surface area contributed by atoms with Gasteiger partial charge in [-0.25, -0.2) is 0 Å². The summed E-state index contributed by atoms with van der Waals surface area (Å²) in [6.07, 6.45) is 0.945. The number of carbonyl (C=O) groups is 2. The Morgan fingerprint density at radius 3 is 2.00 bits per heavy atom. The number of hydrogen-bond donors (Lipinski definition) is 0. The molecular formula is C11H10O5. The summed E-state index contributed by atoms with van der Waals surface area (Å²) in [5.41, 5.74) is -0.391. The average molecular weight is 222 g/mol. The van der Waals surface area contributed by atoms with Crippen LogP contribution in [-0.4, -0.2) is 26.8 Å². The lowest BCUT2D eigenvalue weighted by atomic mass is 10.2. The SMILES string of the molecule is COc1c(C=O)cc(OC)c(=O)cc1C=O. The van der Waals surface area contributed by atoms with Gasteiger partial charge in [0.1, 0.15) is 5.75 Å². The molecule has 5 heteroatoms. The van der Waals surface area contributed by atoms with Gasteiger partial charge in [-0.05, 0) is 6.07 Å². The van der Waals surface area contributed by atoms with Gasteiger partial charge in [0.15, 0.2) is 18.3 Å². The lowest BCUT2D eigenvalue weighted by Crippen LogP contribution is -2.01. The molecule has 0 radical (unpaired) electrons. The summed E-state index contributed by atoms with van der Waals surface area (Å²) in [6, 6.07) is 2.30. The van der Waals surface area contributed by atoms with Crippen LogP contribution in [0.4, 0.5) is 0 Å². The minimum absolute atomic E-state index is 0.0119. The van der Waals surface area contributed by atoms with E-state index < -0.39 is 5.43 Å². The summed E-state index contributed by atoms with van der Waals surface area (Å²) in [4.78, 5) is 33.1. The number of rotatable bonds is 4. The molecule has 0 heterocycles. The van der Waals surface area contributed by atoms with Crippen LogP contribution in [0.2, 0.25) is 0 Å². The first-order valence-corrected chi connectivity index (χ1v) is 4.38. The molecule has 0 spiro atoms. The lowest BCUT2D eigenvalue weighted by Gasteiger charge is -2.01. The third-order valence-electron chi connectivity index (χ3n) is 2.02. The second-order valence-corrected chi connectivity index (χ2v) is 2.90. The Morgan fingerprint density at radius 2 is 1.56 bits per heavy atom. The summed E-state index contributed by atoms with van der Waals surface area (Å²) < 4.78 is 9.72. The van der Waals surface area contributed by atoms with Gasteiger partial charge in [-0.1, -0.05) is 0 Å². The molecule has 16 heavy (non-hydrogen) atoms. The fourth-order valence-corrected chi connectivity index (χ4v) is 1.29. The third kappa shape index (κ3) is 2.08. The molecule has 0 amide bonds. The van der Waals surface area contributed by atoms with E-state index in [2.05, 4.69) is 0 Å². The molecule has 0 saturated heterocycles. The van der Waals surface area contributed by atoms with E-state index in [0.717, 1.165) is 6.07 Å². The summed E-state index contributed by atoms with van der Waals surface area (Å²) in [6.45, 7) is 0. The molecule has 84 valence electrons. The highest BCUT2D eigenvalue weighted by molar-refractivity contribution is 5.88. The van der Waals surface area contributed by atoms with E-state index in [9.17, 15) is 14.4 Å². The van der Waals surface area contributed by atoms with Gasteiger partial charge in [-0.2, -0.15) is 0 Å². The van der Waals surface area contributed by atoms with Crippen molar-refractivity contribution in [3.63, 3.8) is 0 Å². The van der Waals surface area contributed by atoms with Crippen molar-refractivity contribution in [2.45, 2.75) is 0 Å². The normalized spacial score (nSPS) is 9.38. The zero-order valence-electron chi connectivity index (χ0n) is 8.85. The van der Waals surface area contributed by atoms with E-state index in [1.54, 1.807) is 0 Å². The van der Waals surface area contributed by atoms with Crippen molar-refractivity contribution in [3.8, 4) is 11.5 Å². The van der Waals surface area contributed by atoms with Gasteiger partial charge in [-0.3, -0.25) is 14.4 Å². The maximum atomic E-state index is 11.5. The van der Waals surface area contributed by atoms with Crippen molar-refractivity contribution < 1.29 is 19.1 Å². The fraction of sp³-hybridized carbons (Fsp3) is 0.182. The molecule has 5 nitrogen and oxygen atoms in total. The largest absolute Gasteiger partial charge is 0.495 e. The van der Waals surface area contributed by atoms with Gasteiger partial charge in [-0.15, -0.1) is 0 Å². The van der Waals surface area contributed by atoms with Crippen molar-refractivity contribution in [1.29, 1.82) is 0 Å². The third-order valence-corrected chi connectivity index (χ3v) is 2.02. The first-order valence-electron chi connectivity index (χ1n) is 4.38. The number of methoxy groups -OCH3 is 2. The Hall–Kier alpha value is -2.17. The quantitative estimate of drug-likeness (QED) is 0.701. The number of hydrogen-bond acceptors (Lipinski definition) is 5. The zero-order chi connectivity index (χ0) is 12.1. The smallest absolute Gasteiger partial charge is 0.221 e. The zero-order valence-corrected chi connectivity index (χ0v) is 8.85. The molecule has 1 rings (SSSR count). The Labute approximate surface area is 91.6 Å². The Bertz CT molecular complexity index is 479. The standard InChI is InChI=1S/C11H10O5/c1-15-10-4-8(6-13)11(16-2)7(5-12)3-9(10)14/h3-6H,1-2H3. The minimum Gasteiger partial charge on any atom is -0.495 e.